The van der Waals surface area contributed by atoms with Crippen LogP contribution in [0.4, 0.5) is 0 Å². The number of carbonyl (C=O) groups is 1. The van der Waals surface area contributed by atoms with Crippen molar-refractivity contribution in [2.45, 2.75) is 45.0 Å². The monoisotopic (exact) mass is 284 g/mol. The fourth-order valence-electron chi connectivity index (χ4n) is 1.88. The van der Waals surface area contributed by atoms with Gasteiger partial charge in [-0.25, -0.2) is 0 Å². The number of carbonyl (C=O) groups excluding carboxylic acids is 1. The Morgan fingerprint density at radius 2 is 1.84 bits per heavy atom. The topological polar surface area (TPSA) is 70.3 Å². The molecule has 2 N–H and O–H groups in total. The Hall–Kier alpha value is -1.10. The van der Waals surface area contributed by atoms with Crippen molar-refractivity contribution in [3.8, 4) is 0 Å². The standard InChI is InChI=1S/C14H19ClNO3/c1-13(2,3)19-14(18,9-12(16)17)8-10-4-6-11(15)7-5-10/h4-7,16,18H,8-9H2,1-3H3. The van der Waals surface area contributed by atoms with E-state index in [1.807, 2.05) is 0 Å². The Bertz CT molecular complexity index is 439. The Morgan fingerprint density at radius 1 is 1.32 bits per heavy atom. The molecular weight excluding hydrogens is 266 g/mol. The Morgan fingerprint density at radius 3 is 2.26 bits per heavy atom. The van der Waals surface area contributed by atoms with E-state index in [0.717, 1.165) is 5.56 Å². The molecule has 1 rings (SSSR count). The molecule has 19 heavy (non-hydrogen) atoms. The van der Waals surface area contributed by atoms with Gasteiger partial charge in [-0.1, -0.05) is 23.7 Å². The van der Waals surface area contributed by atoms with E-state index in [1.54, 1.807) is 45.0 Å². The predicted octanol–water partition coefficient (Wildman–Crippen LogP) is 2.59. The largest absolute Gasteiger partial charge is 0.365 e. The van der Waals surface area contributed by atoms with Crippen molar-refractivity contribution in [3.05, 3.63) is 34.9 Å². The molecule has 0 saturated carbocycles. The van der Waals surface area contributed by atoms with Crippen molar-refractivity contribution in [1.29, 1.82) is 0 Å². The van der Waals surface area contributed by atoms with Gasteiger partial charge in [-0.05, 0) is 38.5 Å². The zero-order valence-corrected chi connectivity index (χ0v) is 12.1. The molecule has 1 unspecified atom stereocenters. The summed E-state index contributed by atoms with van der Waals surface area (Å²) in [4.78, 5) is 11.0. The van der Waals surface area contributed by atoms with E-state index < -0.39 is 17.3 Å². The van der Waals surface area contributed by atoms with E-state index in [-0.39, 0.29) is 12.8 Å². The molecule has 0 aliphatic heterocycles. The fourth-order valence-corrected chi connectivity index (χ4v) is 2.00. The van der Waals surface area contributed by atoms with Crippen LogP contribution in [0.3, 0.4) is 0 Å². The van der Waals surface area contributed by atoms with Gasteiger partial charge in [0.05, 0.1) is 12.0 Å². The summed E-state index contributed by atoms with van der Waals surface area (Å²) in [7, 11) is 0. The Labute approximate surface area is 118 Å². The molecule has 0 aliphatic rings. The first-order valence-corrected chi connectivity index (χ1v) is 6.39. The van der Waals surface area contributed by atoms with Crippen LogP contribution in [-0.4, -0.2) is 22.4 Å². The smallest absolute Gasteiger partial charge is 0.243 e. The van der Waals surface area contributed by atoms with Gasteiger partial charge in [-0.2, -0.15) is 0 Å². The average molecular weight is 285 g/mol. The zero-order chi connectivity index (χ0) is 14.7. The van der Waals surface area contributed by atoms with Gasteiger partial charge in [0.2, 0.25) is 5.91 Å². The lowest BCUT2D eigenvalue weighted by Gasteiger charge is -2.34. The second kappa shape index (κ2) is 5.90. The molecule has 0 spiro atoms. The molecule has 0 aromatic heterocycles. The summed E-state index contributed by atoms with van der Waals surface area (Å²) in [6.45, 7) is 5.36. The summed E-state index contributed by atoms with van der Waals surface area (Å²) < 4.78 is 5.55. The van der Waals surface area contributed by atoms with Crippen LogP contribution in [0.2, 0.25) is 5.02 Å². The second-order valence-electron chi connectivity index (χ2n) is 5.56. The second-order valence-corrected chi connectivity index (χ2v) is 6.00. The van der Waals surface area contributed by atoms with Gasteiger partial charge in [0.1, 0.15) is 0 Å². The summed E-state index contributed by atoms with van der Waals surface area (Å²) in [5, 5.41) is 11.0. The lowest BCUT2D eigenvalue weighted by molar-refractivity contribution is -0.252. The highest BCUT2D eigenvalue weighted by Gasteiger charge is 2.35. The number of ether oxygens (including phenoxy) is 1. The summed E-state index contributed by atoms with van der Waals surface area (Å²) >= 11 is 5.80. The highest BCUT2D eigenvalue weighted by Crippen LogP contribution is 2.26. The minimum atomic E-state index is -1.68. The van der Waals surface area contributed by atoms with Crippen LogP contribution in [-0.2, 0) is 16.0 Å². The Kier molecular flexibility index (Phi) is 4.96. The molecular formula is C14H19ClNO3. The fraction of sp³-hybridized carbons (Fsp3) is 0.500. The summed E-state index contributed by atoms with van der Waals surface area (Å²) in [5.41, 5.74) is 7.22. The van der Waals surface area contributed by atoms with Crippen LogP contribution < -0.4 is 5.73 Å². The maximum absolute atomic E-state index is 11.0. The Balaban J connectivity index is 2.90. The van der Waals surface area contributed by atoms with Crippen molar-refractivity contribution in [1.82, 2.24) is 5.73 Å². The molecule has 1 aromatic carbocycles. The van der Waals surface area contributed by atoms with E-state index in [4.69, 9.17) is 22.1 Å². The summed E-state index contributed by atoms with van der Waals surface area (Å²) in [5.74, 6) is -2.54. The third kappa shape index (κ3) is 6.05. The number of hydrogen-bond acceptors (Lipinski definition) is 3. The minimum absolute atomic E-state index is 0.131. The number of rotatable bonds is 5. The van der Waals surface area contributed by atoms with Gasteiger partial charge < -0.3 is 9.84 Å². The number of halogens is 1. The lowest BCUT2D eigenvalue weighted by atomic mass is 10.0. The molecule has 105 valence electrons. The van der Waals surface area contributed by atoms with E-state index in [1.165, 1.54) is 0 Å². The maximum Gasteiger partial charge on any atom is 0.243 e. The van der Waals surface area contributed by atoms with Gasteiger partial charge in [-0.15, -0.1) is 0 Å². The van der Waals surface area contributed by atoms with Gasteiger partial charge in [0.15, 0.2) is 5.79 Å². The summed E-state index contributed by atoms with van der Waals surface area (Å²) in [6.07, 6.45) is -0.237. The normalized spacial score (nSPS) is 15.0. The number of hydrogen-bond donors (Lipinski definition) is 1. The van der Waals surface area contributed by atoms with Crippen LogP contribution in [0.25, 0.3) is 0 Å². The highest BCUT2D eigenvalue weighted by atomic mass is 35.5. The van der Waals surface area contributed by atoms with Crippen molar-refractivity contribution in [2.24, 2.45) is 0 Å². The predicted molar refractivity (Wildman–Crippen MR) is 73.7 cm³/mol. The van der Waals surface area contributed by atoms with Gasteiger partial charge in [0, 0.05) is 11.4 Å². The van der Waals surface area contributed by atoms with Crippen LogP contribution in [0.5, 0.6) is 0 Å². The molecule has 0 bridgehead atoms. The van der Waals surface area contributed by atoms with E-state index in [2.05, 4.69) is 0 Å². The van der Waals surface area contributed by atoms with E-state index in [0.29, 0.717) is 5.02 Å². The zero-order valence-electron chi connectivity index (χ0n) is 11.4. The van der Waals surface area contributed by atoms with Crippen molar-refractivity contribution in [3.63, 3.8) is 0 Å². The molecule has 1 radical (unpaired) electrons. The lowest BCUT2D eigenvalue weighted by Crippen LogP contribution is -2.43. The van der Waals surface area contributed by atoms with E-state index in [9.17, 15) is 9.90 Å². The molecule has 0 aliphatic carbocycles. The third-order valence-electron chi connectivity index (χ3n) is 2.33. The number of amides is 1. The van der Waals surface area contributed by atoms with Crippen LogP contribution in [0, 0.1) is 0 Å². The quantitative estimate of drug-likeness (QED) is 0.845. The molecule has 0 heterocycles. The highest BCUT2D eigenvalue weighted by molar-refractivity contribution is 6.30. The first-order chi connectivity index (χ1) is 8.60. The number of aliphatic hydroxyl groups is 1. The maximum atomic E-state index is 11.0. The first kappa shape index (κ1) is 16.0. The van der Waals surface area contributed by atoms with Gasteiger partial charge >= 0.3 is 0 Å². The minimum Gasteiger partial charge on any atom is -0.365 e. The number of nitrogens with one attached hydrogen (secondary N) is 1. The number of benzene rings is 1. The molecule has 1 atom stereocenters. The van der Waals surface area contributed by atoms with E-state index >= 15 is 0 Å². The average Bonchev–Trinajstić information content (AvgIpc) is 2.16. The molecule has 4 nitrogen and oxygen atoms in total. The molecule has 1 aromatic rings. The SMILES string of the molecule is CC(C)(C)OC(O)(CC([NH])=O)Cc1ccc(Cl)cc1. The van der Waals surface area contributed by atoms with Crippen molar-refractivity contribution in [2.75, 3.05) is 0 Å². The first-order valence-electron chi connectivity index (χ1n) is 6.01. The summed E-state index contributed by atoms with van der Waals surface area (Å²) in [6, 6.07) is 6.93. The van der Waals surface area contributed by atoms with Crippen LogP contribution in [0.1, 0.15) is 32.8 Å². The molecule has 0 saturated heterocycles. The van der Waals surface area contributed by atoms with Gasteiger partial charge in [-0.3, -0.25) is 10.5 Å². The van der Waals surface area contributed by atoms with Gasteiger partial charge in [0.25, 0.3) is 0 Å². The van der Waals surface area contributed by atoms with Crippen LogP contribution >= 0.6 is 11.6 Å². The molecule has 5 heteroatoms. The van der Waals surface area contributed by atoms with Crippen LogP contribution in [0.15, 0.2) is 24.3 Å². The van der Waals surface area contributed by atoms with Crippen molar-refractivity contribution >= 4 is 17.5 Å². The third-order valence-corrected chi connectivity index (χ3v) is 2.58. The van der Waals surface area contributed by atoms with Crippen molar-refractivity contribution < 1.29 is 14.6 Å². The molecule has 0 fully saturated rings. The molecule has 1 amide bonds.